The van der Waals surface area contributed by atoms with Crippen molar-refractivity contribution in [3.63, 3.8) is 0 Å². The summed E-state index contributed by atoms with van der Waals surface area (Å²) in [7, 11) is 0. The van der Waals surface area contributed by atoms with Gasteiger partial charge in [-0.2, -0.15) is 0 Å². The molecule has 0 saturated heterocycles. The number of nitrogens with one attached hydrogen (secondary N) is 1. The van der Waals surface area contributed by atoms with E-state index in [1.165, 1.54) is 0 Å². The summed E-state index contributed by atoms with van der Waals surface area (Å²) in [6.07, 6.45) is 2.60. The number of anilines is 2. The predicted octanol–water partition coefficient (Wildman–Crippen LogP) is 3.10. The molecular formula is C19H21N3O3. The molecule has 130 valence electrons. The average Bonchev–Trinajstić information content (AvgIpc) is 2.59. The van der Waals surface area contributed by atoms with Crippen LogP contribution in [-0.4, -0.2) is 29.4 Å². The maximum absolute atomic E-state index is 12.4. The first-order valence-electron chi connectivity index (χ1n) is 8.29. The summed E-state index contributed by atoms with van der Waals surface area (Å²) in [5, 5.41) is 2.84. The molecule has 0 spiro atoms. The number of aromatic nitrogens is 1. The highest BCUT2D eigenvalue weighted by Gasteiger charge is 2.31. The third kappa shape index (κ3) is 3.63. The smallest absolute Gasteiger partial charge is 0.267 e. The summed E-state index contributed by atoms with van der Waals surface area (Å²) in [5.41, 5.74) is 1.88. The maximum Gasteiger partial charge on any atom is 0.267 e. The van der Waals surface area contributed by atoms with Crippen molar-refractivity contribution in [1.82, 2.24) is 4.98 Å². The summed E-state index contributed by atoms with van der Waals surface area (Å²) in [6.45, 7) is 6.50. The molecular weight excluding hydrogens is 318 g/mol. The highest BCUT2D eigenvalue weighted by molar-refractivity contribution is 6.05. The van der Waals surface area contributed by atoms with Crippen LogP contribution in [0.5, 0.6) is 5.75 Å². The van der Waals surface area contributed by atoms with E-state index in [9.17, 15) is 9.59 Å². The monoisotopic (exact) mass is 339 g/mol. The number of amides is 2. The number of hydrogen-bond donors (Lipinski definition) is 1. The first-order chi connectivity index (χ1) is 12.0. The van der Waals surface area contributed by atoms with Crippen LogP contribution >= 0.6 is 0 Å². The van der Waals surface area contributed by atoms with Crippen molar-refractivity contribution in [1.29, 1.82) is 0 Å². The van der Waals surface area contributed by atoms with Crippen molar-refractivity contribution in [2.24, 2.45) is 5.92 Å². The quantitative estimate of drug-likeness (QED) is 0.929. The van der Waals surface area contributed by atoms with E-state index in [1.807, 2.05) is 6.07 Å². The Morgan fingerprint density at radius 2 is 2.00 bits per heavy atom. The normalized spacial score (nSPS) is 16.4. The van der Waals surface area contributed by atoms with Crippen molar-refractivity contribution in [3.05, 3.63) is 48.3 Å². The van der Waals surface area contributed by atoms with E-state index in [2.05, 4.69) is 24.1 Å². The predicted molar refractivity (Wildman–Crippen MR) is 95.9 cm³/mol. The third-order valence-electron chi connectivity index (χ3n) is 3.92. The molecule has 2 amide bonds. The van der Waals surface area contributed by atoms with Gasteiger partial charge >= 0.3 is 0 Å². The van der Waals surface area contributed by atoms with Crippen molar-refractivity contribution < 1.29 is 14.3 Å². The third-order valence-corrected chi connectivity index (χ3v) is 3.92. The zero-order valence-electron chi connectivity index (χ0n) is 14.5. The van der Waals surface area contributed by atoms with Gasteiger partial charge in [-0.05, 0) is 37.1 Å². The van der Waals surface area contributed by atoms with E-state index in [1.54, 1.807) is 48.5 Å². The molecule has 1 atom stereocenters. The number of fused-ring (bicyclic) bond motifs is 1. The summed E-state index contributed by atoms with van der Waals surface area (Å²) in [6, 6.07) is 8.64. The van der Waals surface area contributed by atoms with E-state index >= 15 is 0 Å². The molecule has 1 aliphatic heterocycles. The fourth-order valence-corrected chi connectivity index (χ4v) is 2.75. The fraction of sp³-hybridized carbons (Fsp3) is 0.316. The van der Waals surface area contributed by atoms with E-state index in [0.717, 1.165) is 5.69 Å². The van der Waals surface area contributed by atoms with Gasteiger partial charge < -0.3 is 15.0 Å². The van der Waals surface area contributed by atoms with Crippen LogP contribution in [0, 0.1) is 5.92 Å². The number of ether oxygens (including phenoxy) is 1. The van der Waals surface area contributed by atoms with Crippen LogP contribution < -0.4 is 15.0 Å². The van der Waals surface area contributed by atoms with Crippen LogP contribution in [0.25, 0.3) is 0 Å². The summed E-state index contributed by atoms with van der Waals surface area (Å²) in [4.78, 5) is 30.3. The second kappa shape index (κ2) is 6.93. The zero-order chi connectivity index (χ0) is 18.0. The second-order valence-electron chi connectivity index (χ2n) is 6.48. The lowest BCUT2D eigenvalue weighted by Gasteiger charge is -2.34. The molecule has 0 radical (unpaired) electrons. The van der Waals surface area contributed by atoms with Gasteiger partial charge in [0.05, 0.1) is 5.69 Å². The molecule has 0 aliphatic carbocycles. The van der Waals surface area contributed by atoms with Gasteiger partial charge in [0, 0.05) is 36.3 Å². The maximum atomic E-state index is 12.4. The summed E-state index contributed by atoms with van der Waals surface area (Å²) < 4.78 is 5.73. The Balaban J connectivity index is 1.85. The fourth-order valence-electron chi connectivity index (χ4n) is 2.75. The Labute approximate surface area is 146 Å². The van der Waals surface area contributed by atoms with Gasteiger partial charge in [0.1, 0.15) is 5.75 Å². The molecule has 1 aromatic carbocycles. The lowest BCUT2D eigenvalue weighted by atomic mass is 10.1. The number of carbonyl (C=O) groups is 2. The molecule has 6 nitrogen and oxygen atoms in total. The van der Waals surface area contributed by atoms with Gasteiger partial charge in [-0.15, -0.1) is 0 Å². The highest BCUT2D eigenvalue weighted by Crippen LogP contribution is 2.36. The number of carbonyl (C=O) groups excluding carboxylic acids is 2. The number of pyridine rings is 1. The van der Waals surface area contributed by atoms with Gasteiger partial charge in [0.15, 0.2) is 6.10 Å². The second-order valence-corrected chi connectivity index (χ2v) is 6.48. The van der Waals surface area contributed by atoms with Crippen molar-refractivity contribution in [2.75, 3.05) is 16.8 Å². The SMILES string of the molecule is CC(C)CN1C(=O)C(C)Oc2cc(NC(=O)c3ccncc3)ccc21. The van der Waals surface area contributed by atoms with Gasteiger partial charge in [0.25, 0.3) is 11.8 Å². The highest BCUT2D eigenvalue weighted by atomic mass is 16.5. The van der Waals surface area contributed by atoms with E-state index in [-0.39, 0.29) is 11.8 Å². The van der Waals surface area contributed by atoms with Gasteiger partial charge in [0.2, 0.25) is 0 Å². The lowest BCUT2D eigenvalue weighted by Crippen LogP contribution is -2.46. The molecule has 25 heavy (non-hydrogen) atoms. The average molecular weight is 339 g/mol. The molecule has 2 heterocycles. The Hall–Kier alpha value is -2.89. The topological polar surface area (TPSA) is 71.5 Å². The summed E-state index contributed by atoms with van der Waals surface area (Å²) in [5.74, 6) is 0.671. The standard InChI is InChI=1S/C19H21N3O3/c1-12(2)11-22-16-5-4-15(10-17(16)25-13(3)19(22)24)21-18(23)14-6-8-20-9-7-14/h4-10,12-13H,11H2,1-3H3,(H,21,23). The van der Waals surface area contributed by atoms with Gasteiger partial charge in [-0.25, -0.2) is 0 Å². The van der Waals surface area contributed by atoms with Gasteiger partial charge in [-0.3, -0.25) is 14.6 Å². The number of nitrogens with zero attached hydrogens (tertiary/aromatic N) is 2. The molecule has 1 unspecified atom stereocenters. The molecule has 0 bridgehead atoms. The molecule has 0 saturated carbocycles. The van der Waals surface area contributed by atoms with Gasteiger partial charge in [-0.1, -0.05) is 13.8 Å². The van der Waals surface area contributed by atoms with Crippen molar-refractivity contribution in [3.8, 4) is 5.75 Å². The van der Waals surface area contributed by atoms with E-state index in [4.69, 9.17) is 4.74 Å². The van der Waals surface area contributed by atoms with E-state index < -0.39 is 6.10 Å². The van der Waals surface area contributed by atoms with Crippen LogP contribution in [0.2, 0.25) is 0 Å². The van der Waals surface area contributed by atoms with Crippen LogP contribution in [0.3, 0.4) is 0 Å². The molecule has 1 N–H and O–H groups in total. The lowest BCUT2D eigenvalue weighted by molar-refractivity contribution is -0.125. The number of rotatable bonds is 4. The Morgan fingerprint density at radius 3 is 2.68 bits per heavy atom. The number of hydrogen-bond acceptors (Lipinski definition) is 4. The van der Waals surface area contributed by atoms with Crippen molar-refractivity contribution >= 4 is 23.2 Å². The van der Waals surface area contributed by atoms with E-state index in [0.29, 0.717) is 29.5 Å². The largest absolute Gasteiger partial charge is 0.479 e. The Bertz CT molecular complexity index is 790. The van der Waals surface area contributed by atoms with Crippen molar-refractivity contribution in [2.45, 2.75) is 26.9 Å². The Morgan fingerprint density at radius 1 is 1.28 bits per heavy atom. The zero-order valence-corrected chi connectivity index (χ0v) is 14.5. The molecule has 6 heteroatoms. The van der Waals surface area contributed by atoms with Crippen LogP contribution in [0.4, 0.5) is 11.4 Å². The minimum Gasteiger partial charge on any atom is -0.479 e. The minimum absolute atomic E-state index is 0.0465. The molecule has 2 aromatic rings. The van der Waals surface area contributed by atoms with Crippen LogP contribution in [0.15, 0.2) is 42.7 Å². The number of benzene rings is 1. The van der Waals surface area contributed by atoms with Crippen LogP contribution in [0.1, 0.15) is 31.1 Å². The molecule has 1 aliphatic rings. The Kier molecular flexibility index (Phi) is 4.70. The minimum atomic E-state index is -0.544. The molecule has 1 aromatic heterocycles. The van der Waals surface area contributed by atoms with Crippen LogP contribution in [-0.2, 0) is 4.79 Å². The summed E-state index contributed by atoms with van der Waals surface area (Å²) >= 11 is 0. The molecule has 0 fully saturated rings. The molecule has 3 rings (SSSR count). The first kappa shape index (κ1) is 17.0. The first-order valence-corrected chi connectivity index (χ1v) is 8.29.